The van der Waals surface area contributed by atoms with Gasteiger partial charge in [0.2, 0.25) is 0 Å². The predicted molar refractivity (Wildman–Crippen MR) is 113 cm³/mol. The van der Waals surface area contributed by atoms with Gasteiger partial charge in [-0.15, -0.1) is 0 Å². The van der Waals surface area contributed by atoms with Gasteiger partial charge >= 0.3 is 0 Å². The number of carbonyl (C=O) groups excluding carboxylic acids is 2. The predicted octanol–water partition coefficient (Wildman–Crippen LogP) is 5.05. The van der Waals surface area contributed by atoms with Crippen LogP contribution < -0.4 is 10.6 Å². The van der Waals surface area contributed by atoms with Gasteiger partial charge in [-0.2, -0.15) is 0 Å². The highest BCUT2D eigenvalue weighted by Gasteiger charge is 2.14. The lowest BCUT2D eigenvalue weighted by molar-refractivity contribution is 0.0940. The van der Waals surface area contributed by atoms with Gasteiger partial charge in [0.05, 0.1) is 6.04 Å². The lowest BCUT2D eigenvalue weighted by Gasteiger charge is -2.15. The summed E-state index contributed by atoms with van der Waals surface area (Å²) < 4.78 is 0. The summed E-state index contributed by atoms with van der Waals surface area (Å²) >= 11 is 0. The van der Waals surface area contributed by atoms with E-state index in [4.69, 9.17) is 0 Å². The molecule has 3 aromatic rings. The Hall–Kier alpha value is -3.40. The number of hydrogen-bond acceptors (Lipinski definition) is 2. The zero-order valence-electron chi connectivity index (χ0n) is 16.3. The van der Waals surface area contributed by atoms with E-state index in [0.717, 1.165) is 22.4 Å². The molecule has 2 amide bonds. The van der Waals surface area contributed by atoms with Crippen LogP contribution in [0, 0.1) is 13.8 Å². The molecule has 0 aliphatic heterocycles. The van der Waals surface area contributed by atoms with Gasteiger partial charge in [-0.25, -0.2) is 0 Å². The zero-order chi connectivity index (χ0) is 20.1. The summed E-state index contributed by atoms with van der Waals surface area (Å²) in [5.41, 5.74) is 4.84. The van der Waals surface area contributed by atoms with E-state index in [1.807, 2.05) is 69.3 Å². The molecule has 0 aliphatic rings. The van der Waals surface area contributed by atoms with E-state index in [1.54, 1.807) is 24.3 Å². The van der Waals surface area contributed by atoms with E-state index in [9.17, 15) is 9.59 Å². The molecule has 0 spiro atoms. The number of aryl methyl sites for hydroxylation is 1. The van der Waals surface area contributed by atoms with Crippen molar-refractivity contribution in [3.63, 3.8) is 0 Å². The van der Waals surface area contributed by atoms with Crippen LogP contribution in [0.3, 0.4) is 0 Å². The number of nitrogens with one attached hydrogen (secondary N) is 2. The molecule has 0 saturated carbocycles. The van der Waals surface area contributed by atoms with Crippen molar-refractivity contribution in [3.8, 4) is 0 Å². The second-order valence-corrected chi connectivity index (χ2v) is 6.89. The van der Waals surface area contributed by atoms with Gasteiger partial charge in [0.1, 0.15) is 0 Å². The summed E-state index contributed by atoms with van der Waals surface area (Å²) in [5, 5.41) is 5.90. The molecule has 0 saturated heterocycles. The van der Waals surface area contributed by atoms with Gasteiger partial charge in [0.25, 0.3) is 11.8 Å². The first-order chi connectivity index (χ1) is 13.5. The molecule has 0 radical (unpaired) electrons. The first-order valence-electron chi connectivity index (χ1n) is 9.29. The molecule has 3 rings (SSSR count). The summed E-state index contributed by atoms with van der Waals surface area (Å²) in [6, 6.07) is 22.2. The quantitative estimate of drug-likeness (QED) is 0.659. The largest absolute Gasteiger partial charge is 0.346 e. The zero-order valence-corrected chi connectivity index (χ0v) is 16.3. The van der Waals surface area contributed by atoms with Crippen LogP contribution in [0.15, 0.2) is 72.8 Å². The Kier molecular flexibility index (Phi) is 5.90. The highest BCUT2D eigenvalue weighted by Crippen LogP contribution is 2.19. The normalized spacial score (nSPS) is 11.5. The van der Waals surface area contributed by atoms with E-state index in [0.29, 0.717) is 11.1 Å². The van der Waals surface area contributed by atoms with Crippen molar-refractivity contribution < 1.29 is 9.59 Å². The maximum atomic E-state index is 12.7. The maximum Gasteiger partial charge on any atom is 0.255 e. The van der Waals surface area contributed by atoms with Crippen LogP contribution in [0.5, 0.6) is 0 Å². The van der Waals surface area contributed by atoms with Crippen molar-refractivity contribution in [3.05, 3.63) is 101 Å². The van der Waals surface area contributed by atoms with Crippen LogP contribution in [0.25, 0.3) is 0 Å². The molecule has 3 aromatic carbocycles. The third kappa shape index (κ3) is 4.46. The molecule has 2 N–H and O–H groups in total. The van der Waals surface area contributed by atoms with Crippen LogP contribution in [0.2, 0.25) is 0 Å². The lowest BCUT2D eigenvalue weighted by atomic mass is 10.1. The van der Waals surface area contributed by atoms with Crippen molar-refractivity contribution in [2.24, 2.45) is 0 Å². The van der Waals surface area contributed by atoms with Crippen molar-refractivity contribution in [1.29, 1.82) is 0 Å². The van der Waals surface area contributed by atoms with Crippen LogP contribution in [0.1, 0.15) is 50.4 Å². The molecule has 0 aromatic heterocycles. The molecule has 4 heteroatoms. The minimum absolute atomic E-state index is 0.124. The Morgan fingerprint density at radius 1 is 0.786 bits per heavy atom. The van der Waals surface area contributed by atoms with Crippen LogP contribution in [-0.4, -0.2) is 11.8 Å². The Balaban J connectivity index is 1.73. The number of hydrogen-bond donors (Lipinski definition) is 2. The summed E-state index contributed by atoms with van der Waals surface area (Å²) in [4.78, 5) is 25.3. The van der Waals surface area contributed by atoms with Crippen LogP contribution in [-0.2, 0) is 0 Å². The highest BCUT2D eigenvalue weighted by atomic mass is 16.2. The maximum absolute atomic E-state index is 12.7. The van der Waals surface area contributed by atoms with Gasteiger partial charge in [-0.1, -0.05) is 48.5 Å². The van der Waals surface area contributed by atoms with Crippen molar-refractivity contribution in [1.82, 2.24) is 5.32 Å². The number of carbonyl (C=O) groups is 2. The second kappa shape index (κ2) is 8.53. The van der Waals surface area contributed by atoms with E-state index in [2.05, 4.69) is 10.6 Å². The molecule has 142 valence electrons. The van der Waals surface area contributed by atoms with Crippen molar-refractivity contribution >= 4 is 17.5 Å². The molecule has 0 bridgehead atoms. The minimum atomic E-state index is -0.237. The second-order valence-electron chi connectivity index (χ2n) is 6.89. The molecular weight excluding hydrogens is 348 g/mol. The summed E-state index contributed by atoms with van der Waals surface area (Å²) in [6.07, 6.45) is 0. The summed E-state index contributed by atoms with van der Waals surface area (Å²) in [5.74, 6) is -0.447. The van der Waals surface area contributed by atoms with Crippen LogP contribution >= 0.6 is 0 Å². The minimum Gasteiger partial charge on any atom is -0.346 e. The molecule has 4 nitrogen and oxygen atoms in total. The summed E-state index contributed by atoms with van der Waals surface area (Å²) in [6.45, 7) is 5.91. The van der Waals surface area contributed by atoms with Crippen molar-refractivity contribution in [2.45, 2.75) is 26.8 Å². The average Bonchev–Trinajstić information content (AvgIpc) is 2.72. The standard InChI is InChI=1S/C24H24N2O2/c1-16-9-7-14-22(17(16)2)26-24(28)21-13-8-12-20(15-21)23(27)25-18(3)19-10-5-4-6-11-19/h4-15,18H,1-3H3,(H,25,27)(H,26,28). The Labute approximate surface area is 165 Å². The fourth-order valence-electron chi connectivity index (χ4n) is 2.99. The van der Waals surface area contributed by atoms with Gasteiger partial charge in [0, 0.05) is 16.8 Å². The topological polar surface area (TPSA) is 58.2 Å². The molecule has 1 unspecified atom stereocenters. The lowest BCUT2D eigenvalue weighted by Crippen LogP contribution is -2.27. The third-order valence-corrected chi connectivity index (χ3v) is 4.89. The first kappa shape index (κ1) is 19.4. The molecule has 28 heavy (non-hydrogen) atoms. The van der Waals surface area contributed by atoms with Crippen molar-refractivity contribution in [2.75, 3.05) is 5.32 Å². The SMILES string of the molecule is Cc1cccc(NC(=O)c2cccc(C(=O)NC(C)c3ccccc3)c2)c1C. The molecular formula is C24H24N2O2. The Morgan fingerprint density at radius 2 is 1.43 bits per heavy atom. The number of amides is 2. The van der Waals surface area contributed by atoms with Gasteiger partial charge in [-0.3, -0.25) is 9.59 Å². The first-order valence-corrected chi connectivity index (χ1v) is 9.29. The monoisotopic (exact) mass is 372 g/mol. The van der Waals surface area contributed by atoms with Gasteiger partial charge in [0.15, 0.2) is 0 Å². The van der Waals surface area contributed by atoms with E-state index in [1.165, 1.54) is 0 Å². The molecule has 0 heterocycles. The number of anilines is 1. The molecule has 1 atom stereocenters. The van der Waals surface area contributed by atoms with E-state index in [-0.39, 0.29) is 17.9 Å². The van der Waals surface area contributed by atoms with Gasteiger partial charge < -0.3 is 10.6 Å². The highest BCUT2D eigenvalue weighted by molar-refractivity contribution is 6.06. The number of rotatable bonds is 5. The fraction of sp³-hybridized carbons (Fsp3) is 0.167. The van der Waals surface area contributed by atoms with Gasteiger partial charge in [-0.05, 0) is 61.7 Å². The summed E-state index contributed by atoms with van der Waals surface area (Å²) in [7, 11) is 0. The third-order valence-electron chi connectivity index (χ3n) is 4.89. The Bertz CT molecular complexity index is 996. The van der Waals surface area contributed by atoms with E-state index < -0.39 is 0 Å². The molecule has 0 aliphatic carbocycles. The van der Waals surface area contributed by atoms with E-state index >= 15 is 0 Å². The van der Waals surface area contributed by atoms with Crippen LogP contribution in [0.4, 0.5) is 5.69 Å². The number of benzene rings is 3. The Morgan fingerprint density at radius 3 is 2.14 bits per heavy atom. The molecule has 0 fully saturated rings. The smallest absolute Gasteiger partial charge is 0.255 e. The average molecular weight is 372 g/mol. The fourth-order valence-corrected chi connectivity index (χ4v) is 2.99.